The molecule has 35 heavy (non-hydrogen) atoms. The molecule has 0 aromatic heterocycles. The van der Waals surface area contributed by atoms with Crippen LogP contribution in [-0.2, 0) is 0 Å². The van der Waals surface area contributed by atoms with Crippen LogP contribution in [0.2, 0.25) is 0 Å². The second-order valence-corrected chi connectivity index (χ2v) is 10.9. The molecule has 1 aromatic carbocycles. The molecule has 0 aliphatic heterocycles. The van der Waals surface area contributed by atoms with Crippen LogP contribution in [0.25, 0.3) is 6.08 Å². The Bertz CT molecular complexity index is 568. The van der Waals surface area contributed by atoms with Crippen LogP contribution in [-0.4, -0.2) is 18.0 Å². The maximum Gasteiger partial charge on any atom is 0.0325 e. The highest BCUT2D eigenvalue weighted by molar-refractivity contribution is 5.52. The first kappa shape index (κ1) is 31.9. The minimum Gasteiger partial charge on any atom is -0.297 e. The zero-order valence-electron chi connectivity index (χ0n) is 24.2. The number of hydrogen-bond acceptors (Lipinski definition) is 1. The van der Waals surface area contributed by atoms with Gasteiger partial charge in [0.15, 0.2) is 0 Å². The van der Waals surface area contributed by atoms with E-state index in [-0.39, 0.29) is 0 Å². The van der Waals surface area contributed by atoms with E-state index in [1.807, 2.05) is 6.08 Å². The number of hydrogen-bond donors (Lipinski definition) is 0. The third-order valence-corrected chi connectivity index (χ3v) is 7.81. The summed E-state index contributed by atoms with van der Waals surface area (Å²) in [6.45, 7) is 13.6. The number of nitrogens with zero attached hydrogens (tertiary/aromatic N) is 1. The maximum atomic E-state index is 4.07. The summed E-state index contributed by atoms with van der Waals surface area (Å²) in [5, 5.41) is 0. The van der Waals surface area contributed by atoms with Crippen molar-refractivity contribution >= 4 is 6.08 Å². The Kier molecular flexibility index (Phi) is 21.3. The molecule has 1 heteroatoms. The lowest BCUT2D eigenvalue weighted by molar-refractivity contribution is 0.200. The molecule has 0 aliphatic carbocycles. The lowest BCUT2D eigenvalue weighted by atomic mass is 9.99. The number of unbranched alkanes of at least 4 members (excludes halogenated alkanes) is 18. The van der Waals surface area contributed by atoms with Crippen LogP contribution >= 0.6 is 0 Å². The zero-order valence-corrected chi connectivity index (χ0v) is 24.2. The second kappa shape index (κ2) is 23.3. The number of rotatable bonds is 25. The molecule has 0 radical (unpaired) electrons. The molecule has 0 saturated carbocycles. The third kappa shape index (κ3) is 16.3. The Balaban J connectivity index is 2.35. The standard InChI is InChI=1S/C34H61N/c1-5-8-10-12-14-16-18-20-22-26-30-35(32(4)34-29-25-24-28-33(34)7-3)31-27-23-21-19-17-15-13-11-9-6-2/h7,24-25,28-29,32H,3,5-6,8-23,26-27,30-31H2,1-2,4H3. The Morgan fingerprint density at radius 2 is 0.971 bits per heavy atom. The molecule has 1 unspecified atom stereocenters. The van der Waals surface area contributed by atoms with E-state index in [1.54, 1.807) is 0 Å². The number of benzene rings is 1. The fourth-order valence-electron chi connectivity index (χ4n) is 5.38. The molecule has 0 heterocycles. The summed E-state index contributed by atoms with van der Waals surface area (Å²) in [6.07, 6.45) is 30.3. The van der Waals surface area contributed by atoms with E-state index in [0.29, 0.717) is 6.04 Å². The zero-order chi connectivity index (χ0) is 25.4. The van der Waals surface area contributed by atoms with Gasteiger partial charge in [-0.3, -0.25) is 4.90 Å². The van der Waals surface area contributed by atoms with Crippen molar-refractivity contribution in [3.63, 3.8) is 0 Å². The average Bonchev–Trinajstić information content (AvgIpc) is 2.89. The molecule has 1 atom stereocenters. The van der Waals surface area contributed by atoms with Crippen molar-refractivity contribution in [1.82, 2.24) is 4.90 Å². The van der Waals surface area contributed by atoms with Crippen LogP contribution in [0.3, 0.4) is 0 Å². The van der Waals surface area contributed by atoms with E-state index in [1.165, 1.54) is 153 Å². The molecule has 1 nitrogen and oxygen atoms in total. The van der Waals surface area contributed by atoms with Crippen molar-refractivity contribution in [3.8, 4) is 0 Å². The molecule has 1 aromatic rings. The van der Waals surface area contributed by atoms with Crippen molar-refractivity contribution in [2.24, 2.45) is 0 Å². The molecule has 0 bridgehead atoms. The Morgan fingerprint density at radius 3 is 1.37 bits per heavy atom. The fourth-order valence-corrected chi connectivity index (χ4v) is 5.38. The minimum atomic E-state index is 0.473. The van der Waals surface area contributed by atoms with Gasteiger partial charge < -0.3 is 0 Å². The summed E-state index contributed by atoms with van der Waals surface area (Å²) in [4.78, 5) is 2.76. The summed E-state index contributed by atoms with van der Waals surface area (Å²) in [7, 11) is 0. The lowest BCUT2D eigenvalue weighted by Gasteiger charge is -2.30. The Labute approximate surface area is 221 Å². The van der Waals surface area contributed by atoms with E-state index in [4.69, 9.17) is 0 Å². The van der Waals surface area contributed by atoms with Crippen molar-refractivity contribution < 1.29 is 0 Å². The Hall–Kier alpha value is -1.08. The van der Waals surface area contributed by atoms with E-state index >= 15 is 0 Å². The van der Waals surface area contributed by atoms with Gasteiger partial charge in [-0.05, 0) is 44.0 Å². The van der Waals surface area contributed by atoms with Gasteiger partial charge in [0.25, 0.3) is 0 Å². The van der Waals surface area contributed by atoms with Gasteiger partial charge in [-0.2, -0.15) is 0 Å². The third-order valence-electron chi connectivity index (χ3n) is 7.81. The molecule has 0 N–H and O–H groups in total. The van der Waals surface area contributed by atoms with Gasteiger partial charge in [0, 0.05) is 6.04 Å². The highest BCUT2D eigenvalue weighted by Gasteiger charge is 2.17. The van der Waals surface area contributed by atoms with Crippen LogP contribution in [0.5, 0.6) is 0 Å². The molecule has 0 aliphatic rings. The normalized spacial score (nSPS) is 12.3. The minimum absolute atomic E-state index is 0.473. The van der Waals surface area contributed by atoms with Crippen LogP contribution in [0.15, 0.2) is 30.8 Å². The van der Waals surface area contributed by atoms with Crippen molar-refractivity contribution in [2.45, 2.75) is 155 Å². The van der Waals surface area contributed by atoms with Crippen molar-refractivity contribution in [2.75, 3.05) is 13.1 Å². The van der Waals surface area contributed by atoms with Gasteiger partial charge in [0.05, 0.1) is 0 Å². The fraction of sp³-hybridized carbons (Fsp3) is 0.765. The first-order valence-corrected chi connectivity index (χ1v) is 15.7. The quantitative estimate of drug-likeness (QED) is 0.125. The van der Waals surface area contributed by atoms with Gasteiger partial charge in [-0.15, -0.1) is 0 Å². The maximum absolute atomic E-state index is 4.07. The SMILES string of the molecule is C=Cc1ccccc1C(C)N(CCCCCCCCCCCC)CCCCCCCCCCCC. The van der Waals surface area contributed by atoms with E-state index in [2.05, 4.69) is 56.5 Å². The molecule has 1 rings (SSSR count). The molecule has 0 fully saturated rings. The lowest BCUT2D eigenvalue weighted by Crippen LogP contribution is -2.29. The largest absolute Gasteiger partial charge is 0.297 e. The van der Waals surface area contributed by atoms with E-state index in [0.717, 1.165) is 0 Å². The summed E-state index contributed by atoms with van der Waals surface area (Å²) >= 11 is 0. The van der Waals surface area contributed by atoms with Crippen molar-refractivity contribution in [3.05, 3.63) is 42.0 Å². The summed E-state index contributed by atoms with van der Waals surface area (Å²) in [6, 6.07) is 9.34. The average molecular weight is 484 g/mol. The van der Waals surface area contributed by atoms with Crippen LogP contribution in [0.4, 0.5) is 0 Å². The molecule has 0 saturated heterocycles. The highest BCUT2D eigenvalue weighted by Crippen LogP contribution is 2.26. The second-order valence-electron chi connectivity index (χ2n) is 10.9. The summed E-state index contributed by atoms with van der Waals surface area (Å²) in [5.74, 6) is 0. The molecular formula is C34H61N. The van der Waals surface area contributed by atoms with Gasteiger partial charge in [0.2, 0.25) is 0 Å². The first-order chi connectivity index (χ1) is 17.2. The van der Waals surface area contributed by atoms with Crippen LogP contribution < -0.4 is 0 Å². The van der Waals surface area contributed by atoms with Gasteiger partial charge in [-0.25, -0.2) is 0 Å². The smallest absolute Gasteiger partial charge is 0.0325 e. The van der Waals surface area contributed by atoms with Gasteiger partial charge >= 0.3 is 0 Å². The van der Waals surface area contributed by atoms with Crippen molar-refractivity contribution in [1.29, 1.82) is 0 Å². The van der Waals surface area contributed by atoms with Gasteiger partial charge in [-0.1, -0.05) is 166 Å². The first-order valence-electron chi connectivity index (χ1n) is 15.7. The summed E-state index contributed by atoms with van der Waals surface area (Å²) < 4.78 is 0. The van der Waals surface area contributed by atoms with E-state index < -0.39 is 0 Å². The molecule has 0 spiro atoms. The molecule has 0 amide bonds. The monoisotopic (exact) mass is 483 g/mol. The van der Waals surface area contributed by atoms with Gasteiger partial charge in [0.1, 0.15) is 0 Å². The molecular weight excluding hydrogens is 422 g/mol. The van der Waals surface area contributed by atoms with E-state index in [9.17, 15) is 0 Å². The summed E-state index contributed by atoms with van der Waals surface area (Å²) in [5.41, 5.74) is 2.75. The predicted molar refractivity (Wildman–Crippen MR) is 160 cm³/mol. The highest BCUT2D eigenvalue weighted by atomic mass is 15.1. The topological polar surface area (TPSA) is 3.24 Å². The Morgan fingerprint density at radius 1 is 0.600 bits per heavy atom. The molecule has 202 valence electrons. The van der Waals surface area contributed by atoms with Crippen LogP contribution in [0, 0.1) is 0 Å². The predicted octanol–water partition coefficient (Wildman–Crippen LogP) is 11.5. The van der Waals surface area contributed by atoms with Crippen LogP contribution in [0.1, 0.15) is 166 Å².